The number of nitrogens with one attached hydrogen (secondary N) is 2. The lowest BCUT2D eigenvalue weighted by atomic mass is 9.87. The van der Waals surface area contributed by atoms with Crippen molar-refractivity contribution in [3.05, 3.63) is 68.7 Å². The Labute approximate surface area is 188 Å². The first-order valence-electron chi connectivity index (χ1n) is 8.87. The number of thioether (sulfide) groups is 1. The number of amides is 2. The summed E-state index contributed by atoms with van der Waals surface area (Å²) in [5.41, 5.74) is 1.76. The van der Waals surface area contributed by atoms with Gasteiger partial charge in [0.1, 0.15) is 5.75 Å². The Morgan fingerprint density at radius 1 is 1.27 bits per heavy atom. The normalized spacial score (nSPS) is 15.9. The van der Waals surface area contributed by atoms with Gasteiger partial charge in [0, 0.05) is 18.0 Å². The Hall–Kier alpha value is -2.66. The van der Waals surface area contributed by atoms with E-state index >= 15 is 0 Å². The van der Waals surface area contributed by atoms with Crippen molar-refractivity contribution in [3.8, 4) is 11.8 Å². The number of carbonyl (C=O) groups excluding carboxylic acids is 2. The highest BCUT2D eigenvalue weighted by Gasteiger charge is 2.29. The molecule has 9 heteroatoms. The van der Waals surface area contributed by atoms with E-state index in [-0.39, 0.29) is 29.9 Å². The molecule has 0 unspecified atom stereocenters. The Bertz CT molecular complexity index is 1050. The molecule has 1 atom stereocenters. The number of halogens is 2. The zero-order chi connectivity index (χ0) is 21.7. The van der Waals surface area contributed by atoms with E-state index < -0.39 is 0 Å². The van der Waals surface area contributed by atoms with Gasteiger partial charge in [-0.3, -0.25) is 9.59 Å². The summed E-state index contributed by atoms with van der Waals surface area (Å²) in [7, 11) is 1.57. The van der Waals surface area contributed by atoms with Crippen LogP contribution in [0.1, 0.15) is 17.9 Å². The van der Waals surface area contributed by atoms with Crippen LogP contribution in [-0.2, 0) is 9.59 Å². The summed E-state index contributed by atoms with van der Waals surface area (Å²) in [4.78, 5) is 24.5. The largest absolute Gasteiger partial charge is 0.497 e. The van der Waals surface area contributed by atoms with Crippen LogP contribution in [0.5, 0.6) is 5.75 Å². The standard InChI is InChI=1S/C21H17Cl2N3O3S/c1-29-14-5-2-12(3-6-14)15-9-19(27)26-21(16(15)10-24)30-11-20(28)25-13-4-7-17(22)18(23)8-13/h2-8,15H,9,11H2,1H3,(H,25,28)(H,26,27)/t15-/m0/s1. The smallest absolute Gasteiger partial charge is 0.234 e. The van der Waals surface area contributed by atoms with Crippen LogP contribution >= 0.6 is 35.0 Å². The first kappa shape index (κ1) is 22.0. The molecular formula is C21H17Cl2N3O3S. The molecule has 3 rings (SSSR count). The number of anilines is 1. The third-order valence-corrected chi connectivity index (χ3v) is 6.18. The maximum Gasteiger partial charge on any atom is 0.234 e. The minimum atomic E-state index is -0.379. The number of allylic oxidation sites excluding steroid dienone is 1. The van der Waals surface area contributed by atoms with Crippen molar-refractivity contribution in [2.75, 3.05) is 18.2 Å². The number of hydrogen-bond acceptors (Lipinski definition) is 5. The van der Waals surface area contributed by atoms with Gasteiger partial charge >= 0.3 is 0 Å². The zero-order valence-corrected chi connectivity index (χ0v) is 18.2. The minimum Gasteiger partial charge on any atom is -0.497 e. The molecule has 6 nitrogen and oxygen atoms in total. The molecule has 0 aromatic heterocycles. The molecule has 0 fully saturated rings. The Morgan fingerprint density at radius 2 is 2.00 bits per heavy atom. The first-order valence-corrected chi connectivity index (χ1v) is 10.6. The molecule has 30 heavy (non-hydrogen) atoms. The number of nitriles is 1. The highest BCUT2D eigenvalue weighted by Crippen LogP contribution is 2.36. The fourth-order valence-corrected chi connectivity index (χ4v) is 4.14. The van der Waals surface area contributed by atoms with Gasteiger partial charge in [0.15, 0.2) is 0 Å². The maximum absolute atomic E-state index is 12.3. The second-order valence-corrected chi connectivity index (χ2v) is 8.20. The Morgan fingerprint density at radius 3 is 2.63 bits per heavy atom. The summed E-state index contributed by atoms with van der Waals surface area (Å²) in [5, 5.41) is 16.3. The number of carbonyl (C=O) groups is 2. The summed E-state index contributed by atoms with van der Waals surface area (Å²) >= 11 is 12.9. The van der Waals surface area contributed by atoms with E-state index in [4.69, 9.17) is 27.9 Å². The number of ether oxygens (including phenoxy) is 1. The molecule has 154 valence electrons. The van der Waals surface area contributed by atoms with E-state index in [9.17, 15) is 14.9 Å². The Kier molecular flexibility index (Phi) is 7.27. The van der Waals surface area contributed by atoms with Crippen LogP contribution in [0.25, 0.3) is 0 Å². The van der Waals surface area contributed by atoms with E-state index in [1.54, 1.807) is 37.4 Å². The maximum atomic E-state index is 12.3. The highest BCUT2D eigenvalue weighted by atomic mass is 35.5. The van der Waals surface area contributed by atoms with Crippen LogP contribution in [0.4, 0.5) is 5.69 Å². The van der Waals surface area contributed by atoms with Gasteiger partial charge in [-0.2, -0.15) is 5.26 Å². The van der Waals surface area contributed by atoms with Crippen molar-refractivity contribution in [2.45, 2.75) is 12.3 Å². The molecule has 0 aliphatic carbocycles. The number of hydrogen-bond donors (Lipinski definition) is 2. The predicted octanol–water partition coefficient (Wildman–Crippen LogP) is 4.71. The number of benzene rings is 2. The van der Waals surface area contributed by atoms with Crippen LogP contribution in [0, 0.1) is 11.3 Å². The van der Waals surface area contributed by atoms with Gasteiger partial charge in [-0.05, 0) is 35.9 Å². The topological polar surface area (TPSA) is 91.2 Å². The van der Waals surface area contributed by atoms with Crippen LogP contribution in [0.3, 0.4) is 0 Å². The van der Waals surface area contributed by atoms with Crippen molar-refractivity contribution in [3.63, 3.8) is 0 Å². The number of rotatable bonds is 6. The minimum absolute atomic E-state index is 0.0103. The van der Waals surface area contributed by atoms with Gasteiger partial charge in [0.25, 0.3) is 0 Å². The van der Waals surface area contributed by atoms with E-state index in [1.165, 1.54) is 0 Å². The fourth-order valence-electron chi connectivity index (χ4n) is 2.96. The molecule has 2 amide bonds. The third-order valence-electron chi connectivity index (χ3n) is 4.43. The second kappa shape index (κ2) is 9.90. The van der Waals surface area contributed by atoms with Crippen LogP contribution < -0.4 is 15.4 Å². The summed E-state index contributed by atoms with van der Waals surface area (Å²) in [6, 6.07) is 14.2. The lowest BCUT2D eigenvalue weighted by Gasteiger charge is -2.25. The third kappa shape index (κ3) is 5.28. The average Bonchev–Trinajstić information content (AvgIpc) is 2.74. The monoisotopic (exact) mass is 461 g/mol. The van der Waals surface area contributed by atoms with Crippen LogP contribution in [0.15, 0.2) is 53.1 Å². The van der Waals surface area contributed by atoms with Crippen molar-refractivity contribution >= 4 is 52.5 Å². The van der Waals surface area contributed by atoms with Gasteiger partial charge in [-0.25, -0.2) is 0 Å². The van der Waals surface area contributed by atoms with E-state index in [0.29, 0.717) is 32.1 Å². The van der Waals surface area contributed by atoms with Crippen molar-refractivity contribution in [1.29, 1.82) is 5.26 Å². The van der Waals surface area contributed by atoms with Crippen LogP contribution in [-0.4, -0.2) is 24.7 Å². The highest BCUT2D eigenvalue weighted by molar-refractivity contribution is 8.03. The first-order chi connectivity index (χ1) is 14.4. The van der Waals surface area contributed by atoms with Gasteiger partial charge < -0.3 is 15.4 Å². The van der Waals surface area contributed by atoms with E-state index in [2.05, 4.69) is 16.7 Å². The van der Waals surface area contributed by atoms with Crippen molar-refractivity contribution in [1.82, 2.24) is 5.32 Å². The zero-order valence-electron chi connectivity index (χ0n) is 15.9. The fraction of sp³-hybridized carbons (Fsp3) is 0.190. The summed E-state index contributed by atoms with van der Waals surface area (Å²) in [6.07, 6.45) is 0.161. The Balaban J connectivity index is 1.74. The molecule has 0 bridgehead atoms. The van der Waals surface area contributed by atoms with Crippen molar-refractivity contribution in [2.24, 2.45) is 0 Å². The predicted molar refractivity (Wildman–Crippen MR) is 119 cm³/mol. The quantitative estimate of drug-likeness (QED) is 0.649. The van der Waals surface area contributed by atoms with Gasteiger partial charge in [-0.1, -0.05) is 47.1 Å². The molecule has 0 saturated carbocycles. The number of nitrogens with zero attached hydrogens (tertiary/aromatic N) is 1. The van der Waals surface area contributed by atoms with E-state index in [1.807, 2.05) is 12.1 Å². The molecule has 1 heterocycles. The molecular weight excluding hydrogens is 445 g/mol. The summed E-state index contributed by atoms with van der Waals surface area (Å²) in [6.45, 7) is 0. The molecule has 2 aromatic carbocycles. The summed E-state index contributed by atoms with van der Waals surface area (Å²) < 4.78 is 5.16. The van der Waals surface area contributed by atoms with Gasteiger partial charge in [0.05, 0.1) is 39.6 Å². The second-order valence-electron chi connectivity index (χ2n) is 6.40. The molecule has 0 spiro atoms. The van der Waals surface area contributed by atoms with Gasteiger partial charge in [0.2, 0.25) is 11.8 Å². The van der Waals surface area contributed by atoms with Gasteiger partial charge in [-0.15, -0.1) is 0 Å². The molecule has 1 aliphatic rings. The number of methoxy groups -OCH3 is 1. The molecule has 2 N–H and O–H groups in total. The molecule has 2 aromatic rings. The SMILES string of the molecule is COc1ccc([C@@H]2CC(=O)NC(SCC(=O)Nc3ccc(Cl)c(Cl)c3)=C2C#N)cc1. The van der Waals surface area contributed by atoms with Crippen molar-refractivity contribution < 1.29 is 14.3 Å². The summed E-state index contributed by atoms with van der Waals surface area (Å²) in [5.74, 6) is -0.187. The average molecular weight is 462 g/mol. The molecule has 0 radical (unpaired) electrons. The molecule has 0 saturated heterocycles. The van der Waals surface area contributed by atoms with E-state index in [0.717, 1.165) is 17.3 Å². The lowest BCUT2D eigenvalue weighted by Crippen LogP contribution is -2.31. The lowest BCUT2D eigenvalue weighted by molar-refractivity contribution is -0.121. The van der Waals surface area contributed by atoms with Crippen LogP contribution in [0.2, 0.25) is 10.0 Å². The molecule has 1 aliphatic heterocycles.